The van der Waals surface area contributed by atoms with Gasteiger partial charge in [-0.25, -0.2) is 18.1 Å². The quantitative estimate of drug-likeness (QED) is 0.517. The molecule has 0 radical (unpaired) electrons. The van der Waals surface area contributed by atoms with E-state index >= 15 is 0 Å². The zero-order valence-electron chi connectivity index (χ0n) is 14.4. The Labute approximate surface area is 160 Å². The van der Waals surface area contributed by atoms with Crippen molar-refractivity contribution < 1.29 is 17.3 Å². The maximum absolute atomic E-state index is 12.5. The summed E-state index contributed by atoms with van der Waals surface area (Å²) in [5.74, 6) is 1.84. The average molecular weight is 400 g/mol. The van der Waals surface area contributed by atoms with Crippen molar-refractivity contribution in [3.8, 4) is 21.9 Å². The van der Waals surface area contributed by atoms with Crippen LogP contribution in [0.15, 0.2) is 73.9 Å². The van der Waals surface area contributed by atoms with Gasteiger partial charge in [-0.3, -0.25) is 0 Å². The highest BCUT2D eigenvalue weighted by atomic mass is 32.2. The number of aromatic nitrogens is 1. The van der Waals surface area contributed by atoms with Crippen molar-refractivity contribution >= 4 is 21.4 Å². The molecule has 8 heteroatoms. The van der Waals surface area contributed by atoms with Gasteiger partial charge in [-0.1, -0.05) is 18.2 Å². The van der Waals surface area contributed by atoms with Gasteiger partial charge in [-0.05, 0) is 35.7 Å². The van der Waals surface area contributed by atoms with Crippen molar-refractivity contribution in [1.29, 1.82) is 0 Å². The molecule has 0 aliphatic heterocycles. The number of sulfonamides is 1. The number of hydrogen-bond donors (Lipinski definition) is 1. The van der Waals surface area contributed by atoms with E-state index in [1.54, 1.807) is 54.9 Å². The second kappa shape index (κ2) is 7.15. The lowest BCUT2D eigenvalue weighted by molar-refractivity contribution is 0.510. The monoisotopic (exact) mass is 400 g/mol. The molecule has 4 aromatic rings. The average Bonchev–Trinajstić information content (AvgIpc) is 3.41. The van der Waals surface area contributed by atoms with Crippen molar-refractivity contribution in [2.75, 3.05) is 0 Å². The van der Waals surface area contributed by atoms with Gasteiger partial charge in [-0.15, -0.1) is 11.3 Å². The lowest BCUT2D eigenvalue weighted by Crippen LogP contribution is -2.22. The number of aryl methyl sites for hydroxylation is 1. The molecule has 3 aromatic heterocycles. The summed E-state index contributed by atoms with van der Waals surface area (Å²) < 4.78 is 38.5. The van der Waals surface area contributed by atoms with Crippen LogP contribution in [0.2, 0.25) is 0 Å². The molecule has 1 aromatic carbocycles. The van der Waals surface area contributed by atoms with Crippen molar-refractivity contribution in [2.24, 2.45) is 0 Å². The van der Waals surface area contributed by atoms with Gasteiger partial charge in [0.1, 0.15) is 23.5 Å². The molecular formula is C19H16N2O4S2. The van der Waals surface area contributed by atoms with Gasteiger partial charge in [0.15, 0.2) is 5.89 Å². The molecule has 0 fully saturated rings. The summed E-state index contributed by atoms with van der Waals surface area (Å²) in [6.07, 6.45) is 1.54. The summed E-state index contributed by atoms with van der Waals surface area (Å²) in [4.78, 5) is 5.41. The van der Waals surface area contributed by atoms with Crippen LogP contribution in [0, 0.1) is 6.92 Å². The lowest BCUT2D eigenvalue weighted by atomic mass is 10.2. The first kappa shape index (κ1) is 17.7. The van der Waals surface area contributed by atoms with E-state index in [2.05, 4.69) is 9.71 Å². The highest BCUT2D eigenvalue weighted by molar-refractivity contribution is 7.89. The summed E-state index contributed by atoms with van der Waals surface area (Å²) in [6.45, 7) is 1.84. The number of nitrogens with zero attached hydrogens (tertiary/aromatic N) is 1. The second-order valence-electron chi connectivity index (χ2n) is 5.84. The third-order valence-corrected chi connectivity index (χ3v) is 6.24. The standard InChI is InChI=1S/C19H16N2O4S2/c1-13-21-17(12-24-13)14-4-7-16(8-5-14)27(22,23)20-11-15-6-9-18(25-15)19-3-2-10-26-19/h2-10,12,20H,11H2,1H3. The van der Waals surface area contributed by atoms with E-state index in [0.29, 0.717) is 17.3 Å². The van der Waals surface area contributed by atoms with Crippen molar-refractivity contribution in [1.82, 2.24) is 9.71 Å². The van der Waals surface area contributed by atoms with Crippen LogP contribution in [-0.4, -0.2) is 13.4 Å². The molecule has 0 aliphatic rings. The van der Waals surface area contributed by atoms with Gasteiger partial charge in [0.2, 0.25) is 10.0 Å². The normalized spacial score (nSPS) is 11.7. The van der Waals surface area contributed by atoms with Crippen molar-refractivity contribution in [2.45, 2.75) is 18.4 Å². The Kier molecular flexibility index (Phi) is 4.69. The first-order valence-corrected chi connectivity index (χ1v) is 10.5. The first-order chi connectivity index (χ1) is 13.0. The maximum Gasteiger partial charge on any atom is 0.240 e. The van der Waals surface area contributed by atoms with Crippen LogP contribution in [0.25, 0.3) is 21.9 Å². The fourth-order valence-electron chi connectivity index (χ4n) is 2.57. The van der Waals surface area contributed by atoms with Crippen LogP contribution >= 0.6 is 11.3 Å². The molecular weight excluding hydrogens is 384 g/mol. The molecule has 1 N–H and O–H groups in total. The molecule has 4 rings (SSSR count). The Bertz CT molecular complexity index is 1140. The van der Waals surface area contributed by atoms with E-state index in [4.69, 9.17) is 8.83 Å². The van der Waals surface area contributed by atoms with Gasteiger partial charge >= 0.3 is 0 Å². The third kappa shape index (κ3) is 3.87. The predicted molar refractivity (Wildman–Crippen MR) is 103 cm³/mol. The highest BCUT2D eigenvalue weighted by Gasteiger charge is 2.16. The van der Waals surface area contributed by atoms with E-state index < -0.39 is 10.0 Å². The van der Waals surface area contributed by atoms with Crippen LogP contribution in [0.5, 0.6) is 0 Å². The van der Waals surface area contributed by atoms with Crippen molar-refractivity contribution in [3.63, 3.8) is 0 Å². The van der Waals surface area contributed by atoms with Crippen LogP contribution < -0.4 is 4.72 Å². The lowest BCUT2D eigenvalue weighted by Gasteiger charge is -2.06. The SMILES string of the molecule is Cc1nc(-c2ccc(S(=O)(=O)NCc3ccc(-c4cccs4)o3)cc2)co1. The Morgan fingerprint density at radius 2 is 1.93 bits per heavy atom. The molecule has 0 spiro atoms. The van der Waals surface area contributed by atoms with E-state index in [-0.39, 0.29) is 11.4 Å². The molecule has 27 heavy (non-hydrogen) atoms. The predicted octanol–water partition coefficient (Wildman–Crippen LogP) is 4.45. The molecule has 3 heterocycles. The first-order valence-electron chi connectivity index (χ1n) is 8.16. The smallest absolute Gasteiger partial charge is 0.240 e. The fraction of sp³-hybridized carbons (Fsp3) is 0.105. The van der Waals surface area contributed by atoms with E-state index in [1.807, 2.05) is 23.6 Å². The van der Waals surface area contributed by atoms with Gasteiger partial charge in [0, 0.05) is 12.5 Å². The summed E-state index contributed by atoms with van der Waals surface area (Å²) in [6, 6.07) is 14.0. The number of thiophene rings is 1. The number of nitrogens with one attached hydrogen (secondary N) is 1. The molecule has 0 atom stereocenters. The Morgan fingerprint density at radius 1 is 1.11 bits per heavy atom. The molecule has 0 saturated carbocycles. The minimum Gasteiger partial charge on any atom is -0.459 e. The number of benzene rings is 1. The maximum atomic E-state index is 12.5. The van der Waals surface area contributed by atoms with Crippen LogP contribution in [0.4, 0.5) is 0 Å². The molecule has 0 amide bonds. The molecule has 138 valence electrons. The van der Waals surface area contributed by atoms with Gasteiger partial charge < -0.3 is 8.83 Å². The van der Waals surface area contributed by atoms with E-state index in [0.717, 1.165) is 16.2 Å². The zero-order chi connectivity index (χ0) is 18.9. The number of oxazole rings is 1. The topological polar surface area (TPSA) is 85.3 Å². The third-order valence-electron chi connectivity index (χ3n) is 3.94. The zero-order valence-corrected chi connectivity index (χ0v) is 16.0. The molecule has 6 nitrogen and oxygen atoms in total. The molecule has 0 saturated heterocycles. The fourth-order valence-corrected chi connectivity index (χ4v) is 4.25. The highest BCUT2D eigenvalue weighted by Crippen LogP contribution is 2.27. The largest absolute Gasteiger partial charge is 0.459 e. The summed E-state index contributed by atoms with van der Waals surface area (Å²) >= 11 is 1.57. The van der Waals surface area contributed by atoms with Crippen LogP contribution in [0.1, 0.15) is 11.7 Å². The summed E-state index contributed by atoms with van der Waals surface area (Å²) in [5.41, 5.74) is 1.46. The minimum absolute atomic E-state index is 0.0813. The second-order valence-corrected chi connectivity index (χ2v) is 8.56. The number of rotatable bonds is 6. The van der Waals surface area contributed by atoms with E-state index in [1.165, 1.54) is 0 Å². The Balaban J connectivity index is 1.45. The molecule has 0 bridgehead atoms. The van der Waals surface area contributed by atoms with E-state index in [9.17, 15) is 8.42 Å². The van der Waals surface area contributed by atoms with Crippen molar-refractivity contribution in [3.05, 3.63) is 71.8 Å². The number of hydrogen-bond acceptors (Lipinski definition) is 6. The summed E-state index contributed by atoms with van der Waals surface area (Å²) in [7, 11) is -3.65. The minimum atomic E-state index is -3.65. The van der Waals surface area contributed by atoms with Gasteiger partial charge in [0.05, 0.1) is 16.3 Å². The van der Waals surface area contributed by atoms with Gasteiger partial charge in [0.25, 0.3) is 0 Å². The Hall–Kier alpha value is -2.68. The summed E-state index contributed by atoms with van der Waals surface area (Å²) in [5, 5.41) is 1.96. The Morgan fingerprint density at radius 3 is 2.59 bits per heavy atom. The van der Waals surface area contributed by atoms with Gasteiger partial charge in [-0.2, -0.15) is 0 Å². The number of furan rings is 1. The van der Waals surface area contributed by atoms with Crippen LogP contribution in [0.3, 0.4) is 0 Å². The molecule has 0 unspecified atom stereocenters. The van der Waals surface area contributed by atoms with Crippen LogP contribution in [-0.2, 0) is 16.6 Å². The molecule has 0 aliphatic carbocycles.